The van der Waals surface area contributed by atoms with Gasteiger partial charge in [0.1, 0.15) is 0 Å². The summed E-state index contributed by atoms with van der Waals surface area (Å²) in [7, 11) is 0. The molecule has 6 heteroatoms. The summed E-state index contributed by atoms with van der Waals surface area (Å²) in [6.07, 6.45) is 4.13. The van der Waals surface area contributed by atoms with E-state index in [2.05, 4.69) is 15.5 Å². The van der Waals surface area contributed by atoms with Crippen LogP contribution in [0.4, 0.5) is 10.5 Å². The maximum Gasteiger partial charge on any atom is 0.321 e. The number of rotatable bonds is 2. The number of amides is 3. The lowest BCUT2D eigenvalue weighted by Crippen LogP contribution is -2.46. The summed E-state index contributed by atoms with van der Waals surface area (Å²) in [6, 6.07) is 8.08. The van der Waals surface area contributed by atoms with Gasteiger partial charge in [0.05, 0.1) is 0 Å². The summed E-state index contributed by atoms with van der Waals surface area (Å²) >= 11 is 0. The van der Waals surface area contributed by atoms with Crippen molar-refractivity contribution in [3.8, 4) is 0 Å². The van der Waals surface area contributed by atoms with E-state index in [1.165, 1.54) is 0 Å². The summed E-state index contributed by atoms with van der Waals surface area (Å²) in [5.74, 6) is 0.102. The van der Waals surface area contributed by atoms with Crippen molar-refractivity contribution in [3.05, 3.63) is 29.8 Å². The molecule has 2 bridgehead atoms. The first-order valence-electron chi connectivity index (χ1n) is 8.93. The molecule has 3 saturated heterocycles. The van der Waals surface area contributed by atoms with Crippen molar-refractivity contribution >= 4 is 17.6 Å². The highest BCUT2D eigenvalue weighted by atomic mass is 16.2. The Labute approximate surface area is 142 Å². The molecular formula is C18H24N4O2. The van der Waals surface area contributed by atoms with Gasteiger partial charge in [0, 0.05) is 43.0 Å². The molecule has 4 rings (SSSR count). The van der Waals surface area contributed by atoms with Crippen LogP contribution in [0.1, 0.15) is 36.0 Å². The molecule has 1 aromatic carbocycles. The van der Waals surface area contributed by atoms with Crippen LogP contribution in [0.15, 0.2) is 24.3 Å². The van der Waals surface area contributed by atoms with E-state index in [1.54, 1.807) is 4.90 Å². The van der Waals surface area contributed by atoms with E-state index in [1.807, 2.05) is 24.3 Å². The zero-order valence-electron chi connectivity index (χ0n) is 13.8. The van der Waals surface area contributed by atoms with Gasteiger partial charge >= 0.3 is 6.03 Å². The summed E-state index contributed by atoms with van der Waals surface area (Å²) in [6.45, 7) is 3.29. The lowest BCUT2D eigenvalue weighted by Gasteiger charge is -2.30. The van der Waals surface area contributed by atoms with Crippen LogP contribution in [-0.4, -0.2) is 55.1 Å². The molecule has 3 heterocycles. The van der Waals surface area contributed by atoms with Gasteiger partial charge in [-0.1, -0.05) is 6.07 Å². The minimum absolute atomic E-state index is 0.0788. The molecule has 0 aromatic heterocycles. The van der Waals surface area contributed by atoms with Crippen LogP contribution in [0.2, 0.25) is 0 Å². The molecular weight excluding hydrogens is 304 g/mol. The second-order valence-corrected chi connectivity index (χ2v) is 6.88. The Morgan fingerprint density at radius 2 is 2.00 bits per heavy atom. The molecule has 2 N–H and O–H groups in total. The third kappa shape index (κ3) is 2.75. The molecule has 128 valence electrons. The molecule has 0 saturated carbocycles. The van der Waals surface area contributed by atoms with E-state index < -0.39 is 0 Å². The van der Waals surface area contributed by atoms with Crippen LogP contribution in [0.3, 0.4) is 0 Å². The second kappa shape index (κ2) is 6.43. The maximum absolute atomic E-state index is 13.1. The third-order valence-electron chi connectivity index (χ3n) is 5.37. The molecule has 6 nitrogen and oxygen atoms in total. The fraction of sp³-hybridized carbons (Fsp3) is 0.556. The summed E-state index contributed by atoms with van der Waals surface area (Å²) in [5.41, 5.74) is 1.49. The topological polar surface area (TPSA) is 64.7 Å². The molecule has 24 heavy (non-hydrogen) atoms. The number of nitrogens with zero attached hydrogens (tertiary/aromatic N) is 2. The van der Waals surface area contributed by atoms with Crippen molar-refractivity contribution < 1.29 is 9.59 Å². The van der Waals surface area contributed by atoms with Crippen molar-refractivity contribution in [2.75, 3.05) is 31.1 Å². The van der Waals surface area contributed by atoms with Crippen LogP contribution in [0.5, 0.6) is 0 Å². The second-order valence-electron chi connectivity index (χ2n) is 6.88. The molecule has 0 aliphatic carbocycles. The zero-order chi connectivity index (χ0) is 16.5. The summed E-state index contributed by atoms with van der Waals surface area (Å²) < 4.78 is 0. The smallest absolute Gasteiger partial charge is 0.321 e. The fourth-order valence-corrected chi connectivity index (χ4v) is 4.15. The van der Waals surface area contributed by atoms with E-state index in [9.17, 15) is 9.59 Å². The highest BCUT2D eigenvalue weighted by molar-refractivity contribution is 5.98. The number of hydrogen-bond donors (Lipinski definition) is 2. The quantitative estimate of drug-likeness (QED) is 0.866. The number of anilines is 1. The largest absolute Gasteiger partial charge is 0.338 e. The number of hydrogen-bond acceptors (Lipinski definition) is 3. The van der Waals surface area contributed by atoms with Crippen molar-refractivity contribution in [3.63, 3.8) is 0 Å². The Morgan fingerprint density at radius 3 is 2.88 bits per heavy atom. The van der Waals surface area contributed by atoms with E-state index in [0.29, 0.717) is 24.2 Å². The predicted octanol–water partition coefficient (Wildman–Crippen LogP) is 1.57. The fourth-order valence-electron chi connectivity index (χ4n) is 4.15. The Balaban J connectivity index is 1.59. The normalized spacial score (nSPS) is 26.9. The van der Waals surface area contributed by atoms with Gasteiger partial charge in [-0.3, -0.25) is 9.69 Å². The number of carbonyl (C=O) groups is 2. The van der Waals surface area contributed by atoms with E-state index in [4.69, 9.17) is 0 Å². The van der Waals surface area contributed by atoms with Gasteiger partial charge in [0.2, 0.25) is 0 Å². The highest BCUT2D eigenvalue weighted by Gasteiger charge is 2.38. The molecule has 0 spiro atoms. The SMILES string of the molecule is O=C1NCCCN1c1cccc(C(=O)N2C3CCNCC2CC3)c1. The lowest BCUT2D eigenvalue weighted by atomic mass is 10.1. The first-order chi connectivity index (χ1) is 11.7. The van der Waals surface area contributed by atoms with Crippen LogP contribution in [0, 0.1) is 0 Å². The molecule has 1 aromatic rings. The van der Waals surface area contributed by atoms with Crippen molar-refractivity contribution in [2.45, 2.75) is 37.8 Å². The first kappa shape index (κ1) is 15.4. The zero-order valence-corrected chi connectivity index (χ0v) is 13.8. The molecule has 2 unspecified atom stereocenters. The molecule has 3 amide bonds. The van der Waals surface area contributed by atoms with Crippen molar-refractivity contribution in [1.29, 1.82) is 0 Å². The number of nitrogens with one attached hydrogen (secondary N) is 2. The Hall–Kier alpha value is -2.08. The first-order valence-corrected chi connectivity index (χ1v) is 8.93. The average molecular weight is 328 g/mol. The highest BCUT2D eigenvalue weighted by Crippen LogP contribution is 2.30. The van der Waals surface area contributed by atoms with Crippen molar-refractivity contribution in [1.82, 2.24) is 15.5 Å². The Morgan fingerprint density at radius 1 is 1.12 bits per heavy atom. The van der Waals surface area contributed by atoms with Crippen molar-refractivity contribution in [2.24, 2.45) is 0 Å². The number of urea groups is 1. The van der Waals surface area contributed by atoms with Gasteiger partial charge in [-0.15, -0.1) is 0 Å². The lowest BCUT2D eigenvalue weighted by molar-refractivity contribution is 0.0680. The molecule has 3 aliphatic heterocycles. The van der Waals surface area contributed by atoms with Gasteiger partial charge < -0.3 is 15.5 Å². The third-order valence-corrected chi connectivity index (χ3v) is 5.37. The van der Waals surface area contributed by atoms with E-state index in [0.717, 1.165) is 51.0 Å². The van der Waals surface area contributed by atoms with Crippen LogP contribution < -0.4 is 15.5 Å². The number of carbonyl (C=O) groups excluding carboxylic acids is 2. The van der Waals surface area contributed by atoms with E-state index >= 15 is 0 Å². The monoisotopic (exact) mass is 328 g/mol. The Kier molecular flexibility index (Phi) is 4.14. The number of fused-ring (bicyclic) bond motifs is 2. The van der Waals surface area contributed by atoms with Crippen LogP contribution in [-0.2, 0) is 0 Å². The maximum atomic E-state index is 13.1. The average Bonchev–Trinajstić information content (AvgIpc) is 2.87. The number of benzene rings is 1. The Bertz CT molecular complexity index is 634. The molecule has 0 radical (unpaired) electrons. The van der Waals surface area contributed by atoms with E-state index in [-0.39, 0.29) is 11.9 Å². The minimum atomic E-state index is -0.0788. The minimum Gasteiger partial charge on any atom is -0.338 e. The van der Waals surface area contributed by atoms with Gasteiger partial charge in [-0.25, -0.2) is 4.79 Å². The summed E-state index contributed by atoms with van der Waals surface area (Å²) in [4.78, 5) is 29.0. The van der Waals surface area contributed by atoms with Gasteiger partial charge in [-0.05, 0) is 50.4 Å². The van der Waals surface area contributed by atoms with Gasteiger partial charge in [-0.2, -0.15) is 0 Å². The summed E-state index contributed by atoms with van der Waals surface area (Å²) in [5, 5.41) is 6.29. The predicted molar refractivity (Wildman–Crippen MR) is 92.3 cm³/mol. The molecule has 3 aliphatic rings. The van der Waals surface area contributed by atoms with Gasteiger partial charge in [0.15, 0.2) is 0 Å². The molecule has 2 atom stereocenters. The van der Waals surface area contributed by atoms with Gasteiger partial charge in [0.25, 0.3) is 5.91 Å². The van der Waals surface area contributed by atoms with Crippen LogP contribution >= 0.6 is 0 Å². The van der Waals surface area contributed by atoms with Crippen LogP contribution in [0.25, 0.3) is 0 Å². The molecule has 3 fully saturated rings. The standard InChI is InChI=1S/C18H24N4O2/c23-17(22-14-5-6-16(22)12-19-9-7-14)13-3-1-4-15(11-13)21-10-2-8-20-18(21)24/h1,3-4,11,14,16,19H,2,5-10,12H2,(H,20,24).